The lowest BCUT2D eigenvalue weighted by molar-refractivity contribution is 0.783. The van der Waals surface area contributed by atoms with Crippen molar-refractivity contribution in [2.75, 3.05) is 11.9 Å². The topological polar surface area (TPSA) is 50.9 Å². The fourth-order valence-electron chi connectivity index (χ4n) is 1.82. The molecular formula is C14H16BrN3. The summed E-state index contributed by atoms with van der Waals surface area (Å²) in [4.78, 5) is 4.17. The number of hydrogen-bond acceptors (Lipinski definition) is 3. The Labute approximate surface area is 116 Å². The van der Waals surface area contributed by atoms with Gasteiger partial charge in [-0.2, -0.15) is 0 Å². The van der Waals surface area contributed by atoms with Gasteiger partial charge < -0.3 is 11.1 Å². The second kappa shape index (κ2) is 5.98. The SMILES string of the molecule is Cc1ccccc1NC(CN)c1cncc(Br)c1. The molecule has 3 nitrogen and oxygen atoms in total. The number of nitrogens with one attached hydrogen (secondary N) is 1. The highest BCUT2D eigenvalue weighted by Crippen LogP contribution is 2.22. The monoisotopic (exact) mass is 305 g/mol. The Balaban J connectivity index is 2.23. The van der Waals surface area contributed by atoms with Gasteiger partial charge in [0, 0.05) is 29.1 Å². The van der Waals surface area contributed by atoms with Crippen molar-refractivity contribution in [3.8, 4) is 0 Å². The molecule has 94 valence electrons. The maximum absolute atomic E-state index is 5.85. The van der Waals surface area contributed by atoms with Crippen LogP contribution in [0, 0.1) is 6.92 Å². The molecule has 0 radical (unpaired) electrons. The van der Waals surface area contributed by atoms with Crippen LogP contribution in [0.2, 0.25) is 0 Å². The van der Waals surface area contributed by atoms with Crippen molar-refractivity contribution >= 4 is 21.6 Å². The molecule has 18 heavy (non-hydrogen) atoms. The molecule has 0 aliphatic heterocycles. The molecule has 2 rings (SSSR count). The van der Waals surface area contributed by atoms with Crippen LogP contribution in [0.3, 0.4) is 0 Å². The van der Waals surface area contributed by atoms with Crippen LogP contribution in [0.5, 0.6) is 0 Å². The summed E-state index contributed by atoms with van der Waals surface area (Å²) in [6, 6.07) is 10.3. The summed E-state index contributed by atoms with van der Waals surface area (Å²) in [6.45, 7) is 2.60. The number of nitrogens with zero attached hydrogens (tertiary/aromatic N) is 1. The number of hydrogen-bond donors (Lipinski definition) is 2. The van der Waals surface area contributed by atoms with E-state index in [0.29, 0.717) is 6.54 Å². The van der Waals surface area contributed by atoms with Crippen LogP contribution in [0.4, 0.5) is 5.69 Å². The smallest absolute Gasteiger partial charge is 0.0651 e. The number of aromatic nitrogens is 1. The molecule has 0 amide bonds. The predicted molar refractivity (Wildman–Crippen MR) is 78.5 cm³/mol. The maximum Gasteiger partial charge on any atom is 0.0651 e. The molecule has 1 atom stereocenters. The summed E-state index contributed by atoms with van der Waals surface area (Å²) in [6.07, 6.45) is 3.61. The second-order valence-electron chi connectivity index (χ2n) is 4.18. The van der Waals surface area contributed by atoms with Gasteiger partial charge in [-0.25, -0.2) is 0 Å². The third-order valence-electron chi connectivity index (χ3n) is 2.84. The van der Waals surface area contributed by atoms with E-state index in [4.69, 9.17) is 5.73 Å². The van der Waals surface area contributed by atoms with E-state index in [-0.39, 0.29) is 6.04 Å². The Morgan fingerprint density at radius 3 is 2.78 bits per heavy atom. The molecule has 3 N–H and O–H groups in total. The molecule has 0 aliphatic rings. The van der Waals surface area contributed by atoms with Crippen LogP contribution in [0.15, 0.2) is 47.2 Å². The molecule has 0 saturated carbocycles. The Bertz CT molecular complexity index is 528. The molecule has 1 unspecified atom stereocenters. The van der Waals surface area contributed by atoms with E-state index >= 15 is 0 Å². The summed E-state index contributed by atoms with van der Waals surface area (Å²) in [7, 11) is 0. The standard InChI is InChI=1S/C14H16BrN3/c1-10-4-2-3-5-13(10)18-14(7-16)11-6-12(15)9-17-8-11/h2-6,8-9,14,18H,7,16H2,1H3. The highest BCUT2D eigenvalue weighted by molar-refractivity contribution is 9.10. The van der Waals surface area contributed by atoms with Crippen molar-refractivity contribution in [3.63, 3.8) is 0 Å². The first-order valence-electron chi connectivity index (χ1n) is 5.83. The molecule has 0 spiro atoms. The highest BCUT2D eigenvalue weighted by Gasteiger charge is 2.11. The number of pyridine rings is 1. The zero-order chi connectivity index (χ0) is 13.0. The molecule has 0 aliphatic carbocycles. The molecule has 1 aromatic carbocycles. The lowest BCUT2D eigenvalue weighted by atomic mass is 10.1. The predicted octanol–water partition coefficient (Wildman–Crippen LogP) is 3.26. The number of anilines is 1. The van der Waals surface area contributed by atoms with Gasteiger partial charge in [0.1, 0.15) is 0 Å². The van der Waals surface area contributed by atoms with Crippen LogP contribution in [0.1, 0.15) is 17.2 Å². The van der Waals surface area contributed by atoms with Gasteiger partial charge in [0.2, 0.25) is 0 Å². The van der Waals surface area contributed by atoms with Gasteiger partial charge in [0.05, 0.1) is 6.04 Å². The quantitative estimate of drug-likeness (QED) is 0.911. The van der Waals surface area contributed by atoms with Gasteiger partial charge in [-0.3, -0.25) is 4.98 Å². The summed E-state index contributed by atoms with van der Waals surface area (Å²) in [5.74, 6) is 0. The van der Waals surface area contributed by atoms with E-state index in [9.17, 15) is 0 Å². The maximum atomic E-state index is 5.85. The molecule has 1 aromatic heterocycles. The molecule has 0 fully saturated rings. The van der Waals surface area contributed by atoms with Gasteiger partial charge in [-0.15, -0.1) is 0 Å². The average Bonchev–Trinajstić information content (AvgIpc) is 2.38. The molecule has 2 aromatic rings. The zero-order valence-electron chi connectivity index (χ0n) is 10.2. The summed E-state index contributed by atoms with van der Waals surface area (Å²) in [5, 5.41) is 3.45. The van der Waals surface area contributed by atoms with Crippen molar-refractivity contribution < 1.29 is 0 Å². The Kier molecular flexibility index (Phi) is 4.33. The third-order valence-corrected chi connectivity index (χ3v) is 3.27. The second-order valence-corrected chi connectivity index (χ2v) is 5.10. The minimum atomic E-state index is 0.0658. The van der Waals surface area contributed by atoms with E-state index in [0.717, 1.165) is 15.7 Å². The van der Waals surface area contributed by atoms with Crippen LogP contribution in [-0.2, 0) is 0 Å². The summed E-state index contributed by atoms with van der Waals surface area (Å²) >= 11 is 3.43. The van der Waals surface area contributed by atoms with Crippen LogP contribution < -0.4 is 11.1 Å². The van der Waals surface area contributed by atoms with Crippen LogP contribution >= 0.6 is 15.9 Å². The van der Waals surface area contributed by atoms with Crippen LogP contribution in [-0.4, -0.2) is 11.5 Å². The van der Waals surface area contributed by atoms with Crippen molar-refractivity contribution in [1.82, 2.24) is 4.98 Å². The van der Waals surface area contributed by atoms with Gasteiger partial charge in [0.25, 0.3) is 0 Å². The number of rotatable bonds is 4. The molecular weight excluding hydrogens is 290 g/mol. The number of benzene rings is 1. The number of aryl methyl sites for hydroxylation is 1. The van der Waals surface area contributed by atoms with Gasteiger partial charge >= 0.3 is 0 Å². The Morgan fingerprint density at radius 1 is 1.33 bits per heavy atom. The zero-order valence-corrected chi connectivity index (χ0v) is 11.8. The average molecular weight is 306 g/mol. The fraction of sp³-hybridized carbons (Fsp3) is 0.214. The fourth-order valence-corrected chi connectivity index (χ4v) is 2.20. The largest absolute Gasteiger partial charge is 0.377 e. The van der Waals surface area contributed by atoms with Crippen molar-refractivity contribution in [3.05, 3.63) is 58.3 Å². The first-order chi connectivity index (χ1) is 8.70. The van der Waals surface area contributed by atoms with Crippen LogP contribution in [0.25, 0.3) is 0 Å². The number of para-hydroxylation sites is 1. The lowest BCUT2D eigenvalue weighted by Gasteiger charge is -2.19. The minimum Gasteiger partial charge on any atom is -0.377 e. The summed E-state index contributed by atoms with van der Waals surface area (Å²) < 4.78 is 0.963. The normalized spacial score (nSPS) is 12.2. The third kappa shape index (κ3) is 3.09. The van der Waals surface area contributed by atoms with Crippen molar-refractivity contribution in [2.24, 2.45) is 5.73 Å². The van der Waals surface area contributed by atoms with Crippen molar-refractivity contribution in [1.29, 1.82) is 0 Å². The van der Waals surface area contributed by atoms with E-state index in [2.05, 4.69) is 45.3 Å². The summed E-state index contributed by atoms with van der Waals surface area (Å²) in [5.41, 5.74) is 9.24. The minimum absolute atomic E-state index is 0.0658. The Morgan fingerprint density at radius 2 is 2.11 bits per heavy atom. The van der Waals surface area contributed by atoms with E-state index < -0.39 is 0 Å². The highest BCUT2D eigenvalue weighted by atomic mass is 79.9. The molecule has 1 heterocycles. The first-order valence-corrected chi connectivity index (χ1v) is 6.62. The first kappa shape index (κ1) is 13.1. The van der Waals surface area contributed by atoms with E-state index in [1.54, 1.807) is 6.20 Å². The van der Waals surface area contributed by atoms with E-state index in [1.165, 1.54) is 5.56 Å². The van der Waals surface area contributed by atoms with E-state index in [1.807, 2.05) is 24.4 Å². The molecule has 0 bridgehead atoms. The lowest BCUT2D eigenvalue weighted by Crippen LogP contribution is -2.21. The van der Waals surface area contributed by atoms with Gasteiger partial charge in [-0.05, 0) is 46.1 Å². The Hall–Kier alpha value is -1.39. The number of nitrogens with two attached hydrogens (primary N) is 1. The van der Waals surface area contributed by atoms with Gasteiger partial charge in [0.15, 0.2) is 0 Å². The van der Waals surface area contributed by atoms with Gasteiger partial charge in [-0.1, -0.05) is 18.2 Å². The molecule has 0 saturated heterocycles. The van der Waals surface area contributed by atoms with Crippen molar-refractivity contribution in [2.45, 2.75) is 13.0 Å². The number of halogens is 1. The molecule has 4 heteroatoms.